The van der Waals surface area contributed by atoms with Gasteiger partial charge < -0.3 is 14.4 Å². The number of carbonyl (C=O) groups excluding carboxylic acids is 1. The minimum atomic E-state index is -1.02. The van der Waals surface area contributed by atoms with E-state index in [9.17, 15) is 9.59 Å². The number of anilines is 1. The van der Waals surface area contributed by atoms with E-state index in [4.69, 9.17) is 9.84 Å². The second-order valence-corrected chi connectivity index (χ2v) is 5.38. The molecule has 0 unspecified atom stereocenters. The molecule has 0 aliphatic rings. The van der Waals surface area contributed by atoms with Crippen LogP contribution in [0.15, 0.2) is 48.5 Å². The summed E-state index contributed by atoms with van der Waals surface area (Å²) in [6.07, 6.45) is -0.618. The number of hydrogen-bond acceptors (Lipinski definition) is 4. The van der Waals surface area contributed by atoms with Crippen LogP contribution in [0.2, 0.25) is 0 Å². The highest BCUT2D eigenvalue weighted by Gasteiger charge is 2.15. The molecule has 7 heteroatoms. The van der Waals surface area contributed by atoms with E-state index in [0.29, 0.717) is 18.0 Å². The van der Waals surface area contributed by atoms with Gasteiger partial charge in [0.2, 0.25) is 5.95 Å². The van der Waals surface area contributed by atoms with Crippen molar-refractivity contribution in [1.29, 1.82) is 0 Å². The third-order valence-corrected chi connectivity index (χ3v) is 3.74. The number of aromatic nitrogens is 2. The van der Waals surface area contributed by atoms with Gasteiger partial charge in [-0.15, -0.1) is 0 Å². The molecular formula is C18H17N3O4. The topological polar surface area (TPSA) is 93.5 Å². The van der Waals surface area contributed by atoms with E-state index >= 15 is 0 Å². The monoisotopic (exact) mass is 339 g/mol. The fraction of sp³-hybridized carbons (Fsp3) is 0.167. The number of benzene rings is 2. The van der Waals surface area contributed by atoms with Crippen molar-refractivity contribution in [3.8, 4) is 0 Å². The van der Waals surface area contributed by atoms with Crippen LogP contribution in [0, 0.1) is 0 Å². The molecule has 7 nitrogen and oxygen atoms in total. The van der Waals surface area contributed by atoms with Gasteiger partial charge in [0.25, 0.3) is 0 Å². The molecule has 1 amide bonds. The molecule has 3 aromatic rings. The Morgan fingerprint density at radius 3 is 2.64 bits per heavy atom. The second-order valence-electron chi connectivity index (χ2n) is 5.38. The molecule has 0 saturated carbocycles. The minimum Gasteiger partial charge on any atom is -0.478 e. The Morgan fingerprint density at radius 1 is 1.20 bits per heavy atom. The standard InChI is InChI=1S/C18H17N3O4/c1-2-21-15-9-8-13(16(22)23)10-14(15)19-17(21)20-18(24)25-11-12-6-4-3-5-7-12/h3-10H,2,11H2,1H3,(H,22,23)(H,19,20,24). The first-order valence-corrected chi connectivity index (χ1v) is 7.79. The summed E-state index contributed by atoms with van der Waals surface area (Å²) >= 11 is 0. The minimum absolute atomic E-state index is 0.145. The highest BCUT2D eigenvalue weighted by Crippen LogP contribution is 2.21. The van der Waals surface area contributed by atoms with Crippen molar-refractivity contribution in [1.82, 2.24) is 9.55 Å². The van der Waals surface area contributed by atoms with E-state index in [1.165, 1.54) is 12.1 Å². The average Bonchev–Trinajstić information content (AvgIpc) is 2.96. The van der Waals surface area contributed by atoms with Gasteiger partial charge in [0.15, 0.2) is 0 Å². The number of carbonyl (C=O) groups is 2. The van der Waals surface area contributed by atoms with E-state index < -0.39 is 12.1 Å². The van der Waals surface area contributed by atoms with Crippen molar-refractivity contribution in [3.63, 3.8) is 0 Å². The second kappa shape index (κ2) is 7.04. The van der Waals surface area contributed by atoms with Gasteiger partial charge >= 0.3 is 12.1 Å². The molecule has 0 fully saturated rings. The largest absolute Gasteiger partial charge is 0.478 e. The van der Waals surface area contributed by atoms with Crippen LogP contribution in [0.1, 0.15) is 22.8 Å². The van der Waals surface area contributed by atoms with E-state index in [2.05, 4.69) is 10.3 Å². The van der Waals surface area contributed by atoms with Gasteiger partial charge in [-0.1, -0.05) is 30.3 Å². The van der Waals surface area contributed by atoms with Crippen LogP contribution in [0.3, 0.4) is 0 Å². The summed E-state index contributed by atoms with van der Waals surface area (Å²) < 4.78 is 6.97. The lowest BCUT2D eigenvalue weighted by Gasteiger charge is -2.08. The first-order chi connectivity index (χ1) is 12.1. The molecule has 2 aromatic carbocycles. The Bertz CT molecular complexity index is 919. The number of aryl methyl sites for hydroxylation is 1. The maximum Gasteiger partial charge on any atom is 0.414 e. The molecule has 25 heavy (non-hydrogen) atoms. The highest BCUT2D eigenvalue weighted by atomic mass is 16.5. The molecule has 1 aromatic heterocycles. The molecule has 128 valence electrons. The maximum atomic E-state index is 12.0. The van der Waals surface area contributed by atoms with Crippen molar-refractivity contribution in [2.75, 3.05) is 5.32 Å². The molecule has 1 heterocycles. The van der Waals surface area contributed by atoms with Crippen LogP contribution in [0.4, 0.5) is 10.7 Å². The van der Waals surface area contributed by atoms with Gasteiger partial charge in [0.1, 0.15) is 6.61 Å². The summed E-state index contributed by atoms with van der Waals surface area (Å²) in [5, 5.41) is 11.7. The predicted molar refractivity (Wildman–Crippen MR) is 92.6 cm³/mol. The normalized spacial score (nSPS) is 10.6. The Morgan fingerprint density at radius 2 is 1.96 bits per heavy atom. The number of rotatable bonds is 5. The number of carboxylic acid groups (broad SMARTS) is 1. The van der Waals surface area contributed by atoms with Gasteiger partial charge in [-0.3, -0.25) is 5.32 Å². The summed E-state index contributed by atoms with van der Waals surface area (Å²) in [6, 6.07) is 14.0. The van der Waals surface area contributed by atoms with Gasteiger partial charge in [-0.05, 0) is 30.7 Å². The van der Waals surface area contributed by atoms with Crippen LogP contribution in [-0.4, -0.2) is 26.7 Å². The fourth-order valence-corrected chi connectivity index (χ4v) is 2.53. The molecule has 0 radical (unpaired) electrons. The highest BCUT2D eigenvalue weighted by molar-refractivity contribution is 5.94. The molecule has 0 spiro atoms. The lowest BCUT2D eigenvalue weighted by molar-refractivity contribution is 0.0697. The summed E-state index contributed by atoms with van der Waals surface area (Å²) in [5.41, 5.74) is 2.27. The molecule has 0 aliphatic carbocycles. The van der Waals surface area contributed by atoms with Crippen molar-refractivity contribution in [2.45, 2.75) is 20.1 Å². The molecule has 2 N–H and O–H groups in total. The third kappa shape index (κ3) is 3.60. The van der Waals surface area contributed by atoms with Crippen LogP contribution >= 0.6 is 0 Å². The molecule has 3 rings (SSSR count). The van der Waals surface area contributed by atoms with E-state index in [0.717, 1.165) is 11.1 Å². The van der Waals surface area contributed by atoms with Gasteiger partial charge in [0.05, 0.1) is 16.6 Å². The van der Waals surface area contributed by atoms with Gasteiger partial charge in [-0.2, -0.15) is 0 Å². The third-order valence-electron chi connectivity index (χ3n) is 3.74. The maximum absolute atomic E-state index is 12.0. The summed E-state index contributed by atoms with van der Waals surface area (Å²) in [5.74, 6) is -0.706. The zero-order valence-corrected chi connectivity index (χ0v) is 13.6. The van der Waals surface area contributed by atoms with E-state index in [1.807, 2.05) is 37.3 Å². The van der Waals surface area contributed by atoms with Crippen LogP contribution in [0.25, 0.3) is 11.0 Å². The molecule has 0 bridgehead atoms. The quantitative estimate of drug-likeness (QED) is 0.742. The molecule has 0 saturated heterocycles. The number of nitrogens with zero attached hydrogens (tertiary/aromatic N) is 2. The fourth-order valence-electron chi connectivity index (χ4n) is 2.53. The Balaban J connectivity index is 1.78. The zero-order valence-electron chi connectivity index (χ0n) is 13.6. The van der Waals surface area contributed by atoms with Crippen molar-refractivity contribution < 1.29 is 19.4 Å². The lowest BCUT2D eigenvalue weighted by atomic mass is 10.2. The first-order valence-electron chi connectivity index (χ1n) is 7.79. The van der Waals surface area contributed by atoms with Crippen LogP contribution in [-0.2, 0) is 17.9 Å². The van der Waals surface area contributed by atoms with Crippen molar-refractivity contribution in [3.05, 3.63) is 59.7 Å². The number of aromatic carboxylic acids is 1. The van der Waals surface area contributed by atoms with E-state index in [1.54, 1.807) is 10.6 Å². The summed E-state index contributed by atoms with van der Waals surface area (Å²) in [6.45, 7) is 2.63. The lowest BCUT2D eigenvalue weighted by Crippen LogP contribution is -2.16. The zero-order chi connectivity index (χ0) is 17.8. The Labute approximate surface area is 143 Å². The van der Waals surface area contributed by atoms with Gasteiger partial charge in [-0.25, -0.2) is 14.6 Å². The van der Waals surface area contributed by atoms with Gasteiger partial charge in [0, 0.05) is 6.54 Å². The van der Waals surface area contributed by atoms with Crippen LogP contribution < -0.4 is 5.32 Å². The number of amides is 1. The first kappa shape index (κ1) is 16.5. The number of imidazole rings is 1. The number of carboxylic acids is 1. The number of fused-ring (bicyclic) bond motifs is 1. The number of nitrogens with one attached hydrogen (secondary N) is 1. The number of ether oxygens (including phenoxy) is 1. The summed E-state index contributed by atoms with van der Waals surface area (Å²) in [7, 11) is 0. The predicted octanol–water partition coefficient (Wildman–Crippen LogP) is 3.50. The van der Waals surface area contributed by atoms with Crippen molar-refractivity contribution >= 4 is 29.0 Å². The molecule has 0 atom stereocenters. The molecule has 0 aliphatic heterocycles. The van der Waals surface area contributed by atoms with Crippen molar-refractivity contribution in [2.24, 2.45) is 0 Å². The van der Waals surface area contributed by atoms with E-state index in [-0.39, 0.29) is 12.2 Å². The average molecular weight is 339 g/mol. The number of hydrogen-bond donors (Lipinski definition) is 2. The Kier molecular flexibility index (Phi) is 4.65. The smallest absolute Gasteiger partial charge is 0.414 e. The molecular weight excluding hydrogens is 322 g/mol. The summed E-state index contributed by atoms with van der Waals surface area (Å²) in [4.78, 5) is 27.4. The van der Waals surface area contributed by atoms with Crippen LogP contribution in [0.5, 0.6) is 0 Å². The Hall–Kier alpha value is -3.35. The SMILES string of the molecule is CCn1c(NC(=O)OCc2ccccc2)nc2cc(C(=O)O)ccc21.